The number of hydrogen-bond donors (Lipinski definition) is 2. The van der Waals surface area contributed by atoms with E-state index in [2.05, 4.69) is 10.6 Å². The van der Waals surface area contributed by atoms with Gasteiger partial charge in [0.1, 0.15) is 18.1 Å². The minimum Gasteiger partial charge on any atom is -0.497 e. The highest BCUT2D eigenvalue weighted by Gasteiger charge is 2.00. The topological polar surface area (TPSA) is 62.8 Å². The zero-order chi connectivity index (χ0) is 14.8. The molecule has 6 heteroatoms. The smallest absolute Gasteiger partial charge is 0.316 e. The summed E-state index contributed by atoms with van der Waals surface area (Å²) in [4.78, 5) is 12.7. The van der Waals surface area contributed by atoms with E-state index in [0.29, 0.717) is 19.7 Å². The van der Waals surface area contributed by atoms with Gasteiger partial charge in [-0.05, 0) is 24.3 Å². The molecule has 0 unspecified atom stereocenters. The molecule has 6 nitrogen and oxygen atoms in total. The minimum absolute atomic E-state index is 0.0821. The van der Waals surface area contributed by atoms with Crippen LogP contribution in [0.15, 0.2) is 24.3 Å². The van der Waals surface area contributed by atoms with Gasteiger partial charge in [0.25, 0.3) is 0 Å². The maximum Gasteiger partial charge on any atom is 0.316 e. The second-order valence-corrected chi connectivity index (χ2v) is 4.40. The summed E-state index contributed by atoms with van der Waals surface area (Å²) in [6, 6.07) is 7.38. The first-order valence-corrected chi connectivity index (χ1v) is 6.56. The molecular weight excluding hydrogens is 258 g/mol. The Hall–Kier alpha value is -1.95. The second kappa shape index (κ2) is 9.03. The van der Waals surface area contributed by atoms with Crippen molar-refractivity contribution >= 4 is 6.03 Å². The molecule has 112 valence electrons. The van der Waals surface area contributed by atoms with Gasteiger partial charge in [0, 0.05) is 33.7 Å². The molecule has 0 aliphatic heterocycles. The van der Waals surface area contributed by atoms with Crippen molar-refractivity contribution in [2.24, 2.45) is 0 Å². The zero-order valence-electron chi connectivity index (χ0n) is 12.3. The third-order valence-electron chi connectivity index (χ3n) is 2.59. The van der Waals surface area contributed by atoms with E-state index in [1.54, 1.807) is 21.2 Å². The number of methoxy groups -OCH3 is 1. The Morgan fingerprint density at radius 3 is 2.35 bits per heavy atom. The van der Waals surface area contributed by atoms with E-state index >= 15 is 0 Å². The number of urea groups is 1. The highest BCUT2D eigenvalue weighted by Crippen LogP contribution is 2.16. The quantitative estimate of drug-likeness (QED) is 0.696. The number of benzene rings is 1. The SMILES string of the molecule is COc1ccc(OCCNCCNC(=O)N(C)C)cc1. The zero-order valence-corrected chi connectivity index (χ0v) is 12.3. The fraction of sp³-hybridized carbons (Fsp3) is 0.500. The number of nitrogens with one attached hydrogen (secondary N) is 2. The maximum absolute atomic E-state index is 11.2. The standard InChI is InChI=1S/C14H23N3O3/c1-17(2)14(18)16-9-8-15-10-11-20-13-6-4-12(19-3)5-7-13/h4-7,15H,8-11H2,1-3H3,(H,16,18). The molecule has 2 N–H and O–H groups in total. The van der Waals surface area contributed by atoms with Crippen LogP contribution in [0.5, 0.6) is 11.5 Å². The Morgan fingerprint density at radius 2 is 1.75 bits per heavy atom. The van der Waals surface area contributed by atoms with E-state index in [1.165, 1.54) is 4.90 Å². The molecule has 0 aliphatic rings. The molecule has 2 amide bonds. The highest BCUT2D eigenvalue weighted by atomic mass is 16.5. The summed E-state index contributed by atoms with van der Waals surface area (Å²) in [5.41, 5.74) is 0. The minimum atomic E-state index is -0.0821. The van der Waals surface area contributed by atoms with Gasteiger partial charge in [-0.25, -0.2) is 4.79 Å². The third kappa shape index (κ3) is 6.29. The molecule has 0 fully saturated rings. The summed E-state index contributed by atoms with van der Waals surface area (Å²) in [6.45, 7) is 2.61. The highest BCUT2D eigenvalue weighted by molar-refractivity contribution is 5.73. The predicted molar refractivity (Wildman–Crippen MR) is 78.4 cm³/mol. The molecular formula is C14H23N3O3. The third-order valence-corrected chi connectivity index (χ3v) is 2.59. The molecule has 1 aromatic rings. The molecule has 20 heavy (non-hydrogen) atoms. The van der Waals surface area contributed by atoms with Gasteiger partial charge < -0.3 is 25.0 Å². The number of nitrogens with zero attached hydrogens (tertiary/aromatic N) is 1. The van der Waals surface area contributed by atoms with Crippen molar-refractivity contribution in [2.75, 3.05) is 47.4 Å². The van der Waals surface area contributed by atoms with Crippen molar-refractivity contribution in [1.82, 2.24) is 15.5 Å². The largest absolute Gasteiger partial charge is 0.497 e. The molecule has 0 atom stereocenters. The van der Waals surface area contributed by atoms with Crippen molar-refractivity contribution < 1.29 is 14.3 Å². The average molecular weight is 281 g/mol. The van der Waals surface area contributed by atoms with E-state index in [0.717, 1.165) is 18.0 Å². The first kappa shape index (κ1) is 16.1. The Morgan fingerprint density at radius 1 is 1.10 bits per heavy atom. The van der Waals surface area contributed by atoms with Gasteiger partial charge in [0.15, 0.2) is 0 Å². The lowest BCUT2D eigenvalue weighted by Gasteiger charge is -2.12. The fourth-order valence-corrected chi connectivity index (χ4v) is 1.45. The molecule has 0 aliphatic carbocycles. The van der Waals surface area contributed by atoms with Gasteiger partial charge in [-0.2, -0.15) is 0 Å². The molecule has 0 radical (unpaired) electrons. The lowest BCUT2D eigenvalue weighted by molar-refractivity contribution is 0.217. The maximum atomic E-state index is 11.2. The van der Waals surface area contributed by atoms with Crippen LogP contribution in [0.1, 0.15) is 0 Å². The predicted octanol–water partition coefficient (Wildman–Crippen LogP) is 0.935. The first-order chi connectivity index (χ1) is 9.63. The van der Waals surface area contributed by atoms with Crippen molar-refractivity contribution in [3.8, 4) is 11.5 Å². The van der Waals surface area contributed by atoms with Crippen LogP contribution in [0.3, 0.4) is 0 Å². The summed E-state index contributed by atoms with van der Waals surface area (Å²) in [5, 5.41) is 5.96. The van der Waals surface area contributed by atoms with Crippen LogP contribution in [0.4, 0.5) is 4.79 Å². The van der Waals surface area contributed by atoms with Crippen molar-refractivity contribution in [3.63, 3.8) is 0 Å². The molecule has 0 saturated carbocycles. The molecule has 0 bridgehead atoms. The Kier molecular flexibility index (Phi) is 7.27. The normalized spacial score (nSPS) is 9.95. The van der Waals surface area contributed by atoms with Crippen LogP contribution >= 0.6 is 0 Å². The van der Waals surface area contributed by atoms with E-state index in [1.807, 2.05) is 24.3 Å². The molecule has 0 aromatic heterocycles. The lowest BCUT2D eigenvalue weighted by Crippen LogP contribution is -2.39. The fourth-order valence-electron chi connectivity index (χ4n) is 1.45. The van der Waals surface area contributed by atoms with Crippen molar-refractivity contribution in [1.29, 1.82) is 0 Å². The summed E-state index contributed by atoms with van der Waals surface area (Å²) in [7, 11) is 5.06. The molecule has 0 heterocycles. The Bertz CT molecular complexity index is 393. The van der Waals surface area contributed by atoms with Crippen LogP contribution in [-0.2, 0) is 0 Å². The number of amides is 2. The van der Waals surface area contributed by atoms with Gasteiger partial charge in [0.05, 0.1) is 7.11 Å². The van der Waals surface area contributed by atoms with Crippen LogP contribution in [0, 0.1) is 0 Å². The monoisotopic (exact) mass is 281 g/mol. The number of carbonyl (C=O) groups excluding carboxylic acids is 1. The van der Waals surface area contributed by atoms with Crippen LogP contribution in [0.2, 0.25) is 0 Å². The molecule has 1 aromatic carbocycles. The summed E-state index contributed by atoms with van der Waals surface area (Å²) >= 11 is 0. The first-order valence-electron chi connectivity index (χ1n) is 6.56. The Balaban J connectivity index is 2.03. The van der Waals surface area contributed by atoms with Gasteiger partial charge >= 0.3 is 6.03 Å². The molecule has 0 spiro atoms. The number of rotatable bonds is 8. The lowest BCUT2D eigenvalue weighted by atomic mass is 10.3. The summed E-state index contributed by atoms with van der Waals surface area (Å²) in [5.74, 6) is 1.63. The number of ether oxygens (including phenoxy) is 2. The van der Waals surface area contributed by atoms with Gasteiger partial charge in [0.2, 0.25) is 0 Å². The van der Waals surface area contributed by atoms with Gasteiger partial charge in [-0.1, -0.05) is 0 Å². The number of carbonyl (C=O) groups is 1. The summed E-state index contributed by atoms with van der Waals surface area (Å²) < 4.78 is 10.6. The van der Waals surface area contributed by atoms with E-state index in [4.69, 9.17) is 9.47 Å². The molecule has 0 saturated heterocycles. The summed E-state index contributed by atoms with van der Waals surface area (Å²) in [6.07, 6.45) is 0. The van der Waals surface area contributed by atoms with Gasteiger partial charge in [-0.15, -0.1) is 0 Å². The van der Waals surface area contributed by atoms with Crippen LogP contribution in [-0.4, -0.2) is 58.4 Å². The van der Waals surface area contributed by atoms with Crippen LogP contribution < -0.4 is 20.1 Å². The van der Waals surface area contributed by atoms with Crippen LogP contribution in [0.25, 0.3) is 0 Å². The number of hydrogen-bond acceptors (Lipinski definition) is 4. The van der Waals surface area contributed by atoms with E-state index in [9.17, 15) is 4.79 Å². The van der Waals surface area contributed by atoms with Crippen molar-refractivity contribution in [2.45, 2.75) is 0 Å². The van der Waals surface area contributed by atoms with Gasteiger partial charge in [-0.3, -0.25) is 0 Å². The Labute approximate surface area is 120 Å². The van der Waals surface area contributed by atoms with Crippen molar-refractivity contribution in [3.05, 3.63) is 24.3 Å². The second-order valence-electron chi connectivity index (χ2n) is 4.40. The van der Waals surface area contributed by atoms with E-state index in [-0.39, 0.29) is 6.03 Å². The average Bonchev–Trinajstić information content (AvgIpc) is 2.46. The van der Waals surface area contributed by atoms with E-state index < -0.39 is 0 Å². The molecule has 1 rings (SSSR count).